The zero-order valence-electron chi connectivity index (χ0n) is 35.8. The lowest BCUT2D eigenvalue weighted by Crippen LogP contribution is -2.47. The third-order valence-corrected chi connectivity index (χ3v) is 19.5. The van der Waals surface area contributed by atoms with E-state index < -0.39 is 8.07 Å². The molecular formula is C57H58N2Si. The third kappa shape index (κ3) is 6.54. The minimum Gasteiger partial charge on any atom is -0.309 e. The van der Waals surface area contributed by atoms with Gasteiger partial charge in [0.1, 0.15) is 0 Å². The van der Waals surface area contributed by atoms with Crippen LogP contribution in [0.5, 0.6) is 0 Å². The van der Waals surface area contributed by atoms with Gasteiger partial charge in [-0.3, -0.25) is 0 Å². The molecule has 0 N–H and O–H groups in total. The van der Waals surface area contributed by atoms with E-state index in [2.05, 4.69) is 188 Å². The Kier molecular flexibility index (Phi) is 10.6. The van der Waals surface area contributed by atoms with E-state index in [0.29, 0.717) is 0 Å². The van der Waals surface area contributed by atoms with Gasteiger partial charge in [-0.05, 0) is 70.3 Å². The number of benzene rings is 7. The van der Waals surface area contributed by atoms with E-state index in [9.17, 15) is 0 Å². The molecule has 7 aromatic carbocycles. The topological polar surface area (TPSA) is 9.86 Å². The molecule has 10 rings (SSSR count). The highest BCUT2D eigenvalue weighted by Crippen LogP contribution is 2.49. The molecule has 60 heavy (non-hydrogen) atoms. The Hall–Kier alpha value is -5.64. The van der Waals surface area contributed by atoms with Gasteiger partial charge in [0.15, 0.2) is 0 Å². The fourth-order valence-corrected chi connectivity index (χ4v) is 16.6. The van der Waals surface area contributed by atoms with Crippen molar-refractivity contribution in [2.75, 3.05) is 0 Å². The van der Waals surface area contributed by atoms with Crippen LogP contribution in [-0.4, -0.2) is 17.2 Å². The first kappa shape index (κ1) is 38.6. The lowest BCUT2D eigenvalue weighted by molar-refractivity contribution is 0.691. The number of fused-ring (bicyclic) bond motifs is 9. The number of hydrogen-bond donors (Lipinski definition) is 0. The van der Waals surface area contributed by atoms with Crippen LogP contribution in [0.3, 0.4) is 0 Å². The minimum atomic E-state index is -1.74. The lowest BCUT2D eigenvalue weighted by Gasteiger charge is -2.33. The Balaban J connectivity index is 1.23. The summed E-state index contributed by atoms with van der Waals surface area (Å²) >= 11 is 0. The second kappa shape index (κ2) is 16.4. The van der Waals surface area contributed by atoms with Crippen molar-refractivity contribution in [3.63, 3.8) is 0 Å². The summed E-state index contributed by atoms with van der Waals surface area (Å²) in [6.45, 7) is 7.12. The highest BCUT2D eigenvalue weighted by molar-refractivity contribution is 6.92. The van der Waals surface area contributed by atoms with Crippen molar-refractivity contribution in [3.05, 3.63) is 174 Å². The van der Waals surface area contributed by atoms with Gasteiger partial charge in [-0.2, -0.15) is 0 Å². The van der Waals surface area contributed by atoms with Crippen LogP contribution in [0, 0.1) is 0 Å². The molecule has 0 aliphatic heterocycles. The summed E-state index contributed by atoms with van der Waals surface area (Å²) < 4.78 is 5.10. The van der Waals surface area contributed by atoms with Crippen molar-refractivity contribution < 1.29 is 0 Å². The normalized spacial score (nSPS) is 12.9. The average Bonchev–Trinajstić information content (AvgIpc) is 3.94. The van der Waals surface area contributed by atoms with Gasteiger partial charge in [0.05, 0.1) is 30.1 Å². The SMILES string of the molecule is CCCCCC[Si](CCCC)(CCCC)c1ccc2c(c1)c1ccccc1n2-c1cc(C2c3ccccc3-c3ccccc32)cc(-n2c3ccccc3c3ccccc32)c1. The third-order valence-electron chi connectivity index (χ3n) is 14.0. The summed E-state index contributed by atoms with van der Waals surface area (Å²) in [5.74, 6) is 0.125. The molecule has 0 bridgehead atoms. The maximum absolute atomic E-state index is 2.69. The van der Waals surface area contributed by atoms with Gasteiger partial charge in [-0.15, -0.1) is 0 Å². The zero-order valence-corrected chi connectivity index (χ0v) is 36.8. The van der Waals surface area contributed by atoms with Crippen LogP contribution in [0.1, 0.15) is 94.7 Å². The van der Waals surface area contributed by atoms with Gasteiger partial charge in [0.2, 0.25) is 0 Å². The van der Waals surface area contributed by atoms with Crippen molar-refractivity contribution >= 4 is 56.9 Å². The minimum absolute atomic E-state index is 0.125. The number of rotatable bonds is 15. The van der Waals surface area contributed by atoms with Crippen LogP contribution in [0.25, 0.3) is 66.1 Å². The highest BCUT2D eigenvalue weighted by atomic mass is 28.3. The smallest absolute Gasteiger partial charge is 0.0867 e. The molecule has 2 aromatic heterocycles. The Morgan fingerprint density at radius 2 is 0.850 bits per heavy atom. The number of nitrogens with zero attached hydrogens (tertiary/aromatic N) is 2. The van der Waals surface area contributed by atoms with Crippen molar-refractivity contribution in [1.29, 1.82) is 0 Å². The molecule has 0 saturated heterocycles. The average molecular weight is 799 g/mol. The van der Waals surface area contributed by atoms with Crippen molar-refractivity contribution in [1.82, 2.24) is 9.13 Å². The molecule has 0 fully saturated rings. The fourth-order valence-electron chi connectivity index (χ4n) is 11.1. The molecule has 2 heterocycles. The molecule has 0 saturated carbocycles. The molecule has 0 amide bonds. The predicted molar refractivity (Wildman–Crippen MR) is 262 cm³/mol. The van der Waals surface area contributed by atoms with E-state index in [1.165, 1.54) is 152 Å². The Labute approximate surface area is 357 Å². The van der Waals surface area contributed by atoms with Crippen molar-refractivity contribution in [2.45, 2.75) is 96.2 Å². The molecule has 9 aromatic rings. The first-order valence-electron chi connectivity index (χ1n) is 23.0. The van der Waals surface area contributed by atoms with Gasteiger partial charge in [0.25, 0.3) is 0 Å². The summed E-state index contributed by atoms with van der Waals surface area (Å²) in [5.41, 5.74) is 14.2. The monoisotopic (exact) mass is 798 g/mol. The van der Waals surface area contributed by atoms with Gasteiger partial charge in [0, 0.05) is 38.8 Å². The molecule has 300 valence electrons. The first-order valence-corrected chi connectivity index (χ1v) is 25.6. The fraction of sp³-hybridized carbons (Fsp3) is 0.263. The summed E-state index contributed by atoms with van der Waals surface area (Å²) in [7, 11) is -1.74. The van der Waals surface area contributed by atoms with Crippen LogP contribution in [0.4, 0.5) is 0 Å². The highest BCUT2D eigenvalue weighted by Gasteiger charge is 2.34. The van der Waals surface area contributed by atoms with Crippen molar-refractivity contribution in [3.8, 4) is 22.5 Å². The van der Waals surface area contributed by atoms with Crippen LogP contribution < -0.4 is 5.19 Å². The number of hydrogen-bond acceptors (Lipinski definition) is 0. The Morgan fingerprint density at radius 1 is 0.400 bits per heavy atom. The zero-order chi connectivity index (χ0) is 40.6. The molecule has 0 spiro atoms. The second-order valence-electron chi connectivity index (χ2n) is 17.6. The predicted octanol–water partition coefficient (Wildman–Crippen LogP) is 15.9. The molecule has 2 nitrogen and oxygen atoms in total. The molecular weight excluding hydrogens is 741 g/mol. The molecule has 1 aliphatic carbocycles. The van der Waals surface area contributed by atoms with Crippen LogP contribution >= 0.6 is 0 Å². The van der Waals surface area contributed by atoms with Crippen molar-refractivity contribution in [2.24, 2.45) is 0 Å². The quantitative estimate of drug-likeness (QED) is 0.0722. The van der Waals surface area contributed by atoms with E-state index in [-0.39, 0.29) is 5.92 Å². The summed E-state index contributed by atoms with van der Waals surface area (Å²) in [4.78, 5) is 0. The molecule has 0 atom stereocenters. The summed E-state index contributed by atoms with van der Waals surface area (Å²) in [6, 6.07) is 64.7. The summed E-state index contributed by atoms with van der Waals surface area (Å²) in [5, 5.41) is 7.02. The largest absolute Gasteiger partial charge is 0.309 e. The first-order chi connectivity index (χ1) is 29.6. The van der Waals surface area contributed by atoms with Crippen LogP contribution in [0.2, 0.25) is 18.1 Å². The van der Waals surface area contributed by atoms with Gasteiger partial charge in [-0.25, -0.2) is 0 Å². The maximum Gasteiger partial charge on any atom is 0.0867 e. The number of para-hydroxylation sites is 3. The van der Waals surface area contributed by atoms with E-state index in [4.69, 9.17) is 0 Å². The molecule has 3 heteroatoms. The van der Waals surface area contributed by atoms with Gasteiger partial charge in [-0.1, -0.05) is 211 Å². The Bertz CT molecular complexity index is 2870. The molecule has 0 unspecified atom stereocenters. The Morgan fingerprint density at radius 3 is 1.38 bits per heavy atom. The van der Waals surface area contributed by atoms with Crippen LogP contribution in [-0.2, 0) is 0 Å². The molecule has 0 radical (unpaired) electrons. The van der Waals surface area contributed by atoms with Gasteiger partial charge >= 0.3 is 0 Å². The lowest BCUT2D eigenvalue weighted by atomic mass is 9.88. The number of aromatic nitrogens is 2. The number of unbranched alkanes of at least 4 members (excludes halogenated alkanes) is 5. The van der Waals surface area contributed by atoms with E-state index in [0.717, 1.165) is 0 Å². The maximum atomic E-state index is 2.69. The standard InChI is InChI=1S/C57H58N2Si/c1-4-7-10-21-36-60(34-8-5-2,35-9-6-3)44-32-33-56-52(40-44)49-26-17-20-31-55(49)59(56)43-38-41(57-50-27-13-11-22-45(50)46-23-12-14-28-51(46)57)37-42(39-43)58-53-29-18-15-24-47(53)48-25-16-19-30-54(48)58/h11-20,22-33,37-40,57H,4-10,21,34-36H2,1-3H3. The van der Waals surface area contributed by atoms with E-state index in [1.807, 2.05) is 0 Å². The molecule has 1 aliphatic rings. The summed E-state index contributed by atoms with van der Waals surface area (Å²) in [6.07, 6.45) is 10.6. The van der Waals surface area contributed by atoms with Crippen LogP contribution in [0.15, 0.2) is 158 Å². The van der Waals surface area contributed by atoms with E-state index >= 15 is 0 Å². The van der Waals surface area contributed by atoms with Gasteiger partial charge < -0.3 is 9.13 Å². The second-order valence-corrected chi connectivity index (χ2v) is 22.3. The van der Waals surface area contributed by atoms with E-state index in [1.54, 1.807) is 5.19 Å².